The van der Waals surface area contributed by atoms with Crippen molar-refractivity contribution >= 4 is 33.0 Å². The summed E-state index contributed by atoms with van der Waals surface area (Å²) in [6.45, 7) is -1.55. The Bertz CT molecular complexity index is 876. The van der Waals surface area contributed by atoms with Gasteiger partial charge in [-0.15, -0.1) is 0 Å². The lowest BCUT2D eigenvalue weighted by Gasteiger charge is -2.09. The first-order valence-electron chi connectivity index (χ1n) is 6.84. The summed E-state index contributed by atoms with van der Waals surface area (Å²) in [4.78, 5) is 19.5. The lowest BCUT2D eigenvalue weighted by atomic mass is 10.3. The van der Waals surface area contributed by atoms with Crippen molar-refractivity contribution in [1.82, 2.24) is 9.97 Å². The minimum atomic E-state index is -3.71. The normalized spacial score (nSPS) is 11.4. The van der Waals surface area contributed by atoms with Crippen molar-refractivity contribution in [2.24, 2.45) is 0 Å². The molecule has 1 N–H and O–H groups in total. The highest BCUT2D eigenvalue weighted by atomic mass is 35.5. The van der Waals surface area contributed by atoms with Crippen LogP contribution in [0.2, 0.25) is 5.02 Å². The molecule has 25 heavy (non-hydrogen) atoms. The second-order valence-electron chi connectivity index (χ2n) is 4.61. The Kier molecular flexibility index (Phi) is 5.85. The molecule has 1 aromatic carbocycles. The molecule has 7 nitrogen and oxygen atoms in total. The van der Waals surface area contributed by atoms with Gasteiger partial charge in [0, 0.05) is 5.69 Å². The molecule has 11 heteroatoms. The molecule has 1 aromatic heterocycles. The van der Waals surface area contributed by atoms with Crippen LogP contribution in [0.4, 0.5) is 14.5 Å². The Hall–Kier alpha value is -2.33. The van der Waals surface area contributed by atoms with Gasteiger partial charge < -0.3 is 10.1 Å². The Morgan fingerprint density at radius 2 is 1.96 bits per heavy atom. The number of halogens is 3. The SMILES string of the molecule is CCS(=O)(=O)c1ncc(Cl)c(C(=O)Nc2ccc(OC(F)F)cc2)n1. The molecule has 0 bridgehead atoms. The molecule has 0 aliphatic heterocycles. The number of carbonyl (C=O) groups excluding carboxylic acids is 1. The maximum atomic E-state index is 12.2. The Balaban J connectivity index is 2.22. The summed E-state index contributed by atoms with van der Waals surface area (Å²) in [6, 6.07) is 5.12. The van der Waals surface area contributed by atoms with Crippen LogP contribution in [0.3, 0.4) is 0 Å². The van der Waals surface area contributed by atoms with E-state index in [1.54, 1.807) is 0 Å². The summed E-state index contributed by atoms with van der Waals surface area (Å²) < 4.78 is 52.0. The van der Waals surface area contributed by atoms with E-state index in [1.165, 1.54) is 31.2 Å². The van der Waals surface area contributed by atoms with Crippen molar-refractivity contribution in [1.29, 1.82) is 0 Å². The van der Waals surface area contributed by atoms with Gasteiger partial charge in [0.05, 0.1) is 17.0 Å². The lowest BCUT2D eigenvalue weighted by Crippen LogP contribution is -2.18. The smallest absolute Gasteiger partial charge is 0.387 e. The second kappa shape index (κ2) is 7.70. The van der Waals surface area contributed by atoms with E-state index in [0.717, 1.165) is 6.20 Å². The third-order valence-corrected chi connectivity index (χ3v) is 4.72. The predicted molar refractivity (Wildman–Crippen MR) is 85.8 cm³/mol. The van der Waals surface area contributed by atoms with E-state index in [1.807, 2.05) is 0 Å². The topological polar surface area (TPSA) is 98.2 Å². The minimum Gasteiger partial charge on any atom is -0.435 e. The number of aromatic nitrogens is 2. The summed E-state index contributed by atoms with van der Waals surface area (Å²) in [5, 5.41) is 1.78. The first-order valence-corrected chi connectivity index (χ1v) is 8.87. The molecule has 0 saturated heterocycles. The largest absolute Gasteiger partial charge is 0.435 e. The Labute approximate surface area is 146 Å². The monoisotopic (exact) mass is 391 g/mol. The number of alkyl halides is 2. The average molecular weight is 392 g/mol. The molecule has 0 fully saturated rings. The lowest BCUT2D eigenvalue weighted by molar-refractivity contribution is -0.0498. The van der Waals surface area contributed by atoms with Gasteiger partial charge in [-0.05, 0) is 24.3 Å². The molecule has 2 aromatic rings. The number of nitrogens with zero attached hydrogens (tertiary/aromatic N) is 2. The van der Waals surface area contributed by atoms with Crippen LogP contribution in [0.5, 0.6) is 5.75 Å². The van der Waals surface area contributed by atoms with E-state index in [2.05, 4.69) is 20.0 Å². The van der Waals surface area contributed by atoms with Gasteiger partial charge in [0.2, 0.25) is 15.0 Å². The van der Waals surface area contributed by atoms with Gasteiger partial charge >= 0.3 is 6.61 Å². The van der Waals surface area contributed by atoms with Crippen molar-refractivity contribution in [3.8, 4) is 5.75 Å². The van der Waals surface area contributed by atoms with E-state index < -0.39 is 27.5 Å². The molecule has 1 amide bonds. The second-order valence-corrected chi connectivity index (χ2v) is 7.19. The molecular formula is C14H12ClF2N3O4S. The minimum absolute atomic E-state index is 0.0793. The quantitative estimate of drug-likeness (QED) is 0.760. The fourth-order valence-electron chi connectivity index (χ4n) is 1.70. The van der Waals surface area contributed by atoms with Crippen molar-refractivity contribution in [2.75, 3.05) is 11.1 Å². The maximum Gasteiger partial charge on any atom is 0.387 e. The van der Waals surface area contributed by atoms with Crippen molar-refractivity contribution in [3.63, 3.8) is 0 Å². The predicted octanol–water partition coefficient (Wildman–Crippen LogP) is 2.78. The molecule has 0 saturated carbocycles. The highest BCUT2D eigenvalue weighted by Gasteiger charge is 2.21. The summed E-state index contributed by atoms with van der Waals surface area (Å²) in [5.41, 5.74) is -0.0715. The summed E-state index contributed by atoms with van der Waals surface area (Å²) in [6.07, 6.45) is 1.02. The van der Waals surface area contributed by atoms with Gasteiger partial charge in [0.15, 0.2) is 5.69 Å². The molecular weight excluding hydrogens is 380 g/mol. The summed E-state index contributed by atoms with van der Waals surface area (Å²) in [7, 11) is -3.71. The number of nitrogens with one attached hydrogen (secondary N) is 1. The molecule has 0 unspecified atom stereocenters. The number of carbonyl (C=O) groups is 1. The van der Waals surface area contributed by atoms with Crippen LogP contribution >= 0.6 is 11.6 Å². The van der Waals surface area contributed by atoms with Crippen LogP contribution in [-0.4, -0.2) is 36.7 Å². The van der Waals surface area contributed by atoms with Crippen LogP contribution in [0.15, 0.2) is 35.6 Å². The third kappa shape index (κ3) is 4.83. The van der Waals surface area contributed by atoms with Crippen molar-refractivity contribution < 1.29 is 26.7 Å². The Morgan fingerprint density at radius 1 is 1.32 bits per heavy atom. The zero-order valence-corrected chi connectivity index (χ0v) is 14.3. The van der Waals surface area contributed by atoms with E-state index >= 15 is 0 Å². The molecule has 0 aliphatic carbocycles. The van der Waals surface area contributed by atoms with E-state index in [-0.39, 0.29) is 27.9 Å². The van der Waals surface area contributed by atoms with E-state index in [0.29, 0.717) is 0 Å². The van der Waals surface area contributed by atoms with Crippen LogP contribution in [0.1, 0.15) is 17.4 Å². The standard InChI is InChI=1S/C14H12ClF2N3O4S/c1-2-25(22,23)14-18-7-10(15)11(20-14)12(21)19-8-3-5-9(6-4-8)24-13(16)17/h3-7,13H,2H2,1H3,(H,19,21). The molecule has 134 valence electrons. The Morgan fingerprint density at radius 3 is 2.52 bits per heavy atom. The van der Waals surface area contributed by atoms with E-state index in [4.69, 9.17) is 11.6 Å². The number of hydrogen-bond acceptors (Lipinski definition) is 6. The number of ether oxygens (including phenoxy) is 1. The molecule has 0 radical (unpaired) electrons. The van der Waals surface area contributed by atoms with Crippen LogP contribution in [0.25, 0.3) is 0 Å². The van der Waals surface area contributed by atoms with Crippen LogP contribution < -0.4 is 10.1 Å². The number of anilines is 1. The van der Waals surface area contributed by atoms with Gasteiger partial charge in [-0.3, -0.25) is 4.79 Å². The molecule has 0 aliphatic rings. The molecule has 0 atom stereocenters. The highest BCUT2D eigenvalue weighted by molar-refractivity contribution is 7.91. The summed E-state index contributed by atoms with van der Waals surface area (Å²) >= 11 is 5.85. The van der Waals surface area contributed by atoms with Gasteiger partial charge in [-0.1, -0.05) is 18.5 Å². The van der Waals surface area contributed by atoms with Crippen molar-refractivity contribution in [2.45, 2.75) is 18.7 Å². The van der Waals surface area contributed by atoms with E-state index in [9.17, 15) is 22.0 Å². The number of rotatable bonds is 6. The fourth-order valence-corrected chi connectivity index (χ4v) is 2.58. The number of amides is 1. The third-order valence-electron chi connectivity index (χ3n) is 2.93. The molecule has 1 heterocycles. The average Bonchev–Trinajstić information content (AvgIpc) is 2.56. The highest BCUT2D eigenvalue weighted by Crippen LogP contribution is 2.20. The van der Waals surface area contributed by atoms with Crippen LogP contribution in [0, 0.1) is 0 Å². The number of benzene rings is 1. The first kappa shape index (κ1) is 19.0. The number of sulfone groups is 1. The zero-order valence-electron chi connectivity index (χ0n) is 12.7. The van der Waals surface area contributed by atoms with Gasteiger partial charge in [-0.25, -0.2) is 18.4 Å². The zero-order chi connectivity index (χ0) is 18.6. The maximum absolute atomic E-state index is 12.2. The first-order chi connectivity index (χ1) is 11.7. The summed E-state index contributed by atoms with van der Waals surface area (Å²) in [5.74, 6) is -1.09. The van der Waals surface area contributed by atoms with Crippen LogP contribution in [-0.2, 0) is 9.84 Å². The fraction of sp³-hybridized carbons (Fsp3) is 0.214. The molecule has 0 spiro atoms. The number of hydrogen-bond donors (Lipinski definition) is 1. The van der Waals surface area contributed by atoms with Crippen molar-refractivity contribution in [3.05, 3.63) is 41.2 Å². The van der Waals surface area contributed by atoms with Gasteiger partial charge in [0.25, 0.3) is 5.91 Å². The molecule has 2 rings (SSSR count). The van der Waals surface area contributed by atoms with Gasteiger partial charge in [-0.2, -0.15) is 8.78 Å². The van der Waals surface area contributed by atoms with Gasteiger partial charge in [0.1, 0.15) is 5.75 Å².